The molecule has 1 fully saturated rings. The Morgan fingerprint density at radius 1 is 1.59 bits per heavy atom. The van der Waals surface area contributed by atoms with Crippen LogP contribution >= 0.6 is 0 Å². The summed E-state index contributed by atoms with van der Waals surface area (Å²) >= 11 is 0. The maximum Gasteiger partial charge on any atom is 0.293 e. The topological polar surface area (TPSA) is 64.2 Å². The van der Waals surface area contributed by atoms with E-state index in [0.717, 1.165) is 32.2 Å². The van der Waals surface area contributed by atoms with Crippen LogP contribution in [0, 0.1) is 0 Å². The van der Waals surface area contributed by atoms with Gasteiger partial charge < -0.3 is 15.2 Å². The second kappa shape index (κ2) is 5.31. The number of nitrogens with two attached hydrogens (primary N) is 1. The lowest BCUT2D eigenvalue weighted by atomic mass is 10.1. The number of hydrogen-bond acceptors (Lipinski definition) is 4. The monoisotopic (exact) mass is 236 g/mol. The Labute approximate surface area is 101 Å². The Morgan fingerprint density at radius 3 is 3.18 bits per heavy atom. The highest BCUT2D eigenvalue weighted by Crippen LogP contribution is 2.24. The van der Waals surface area contributed by atoms with Crippen LogP contribution in [0.25, 0.3) is 0 Å². The van der Waals surface area contributed by atoms with E-state index in [1.807, 2.05) is 0 Å². The van der Waals surface area contributed by atoms with E-state index >= 15 is 0 Å². The van der Waals surface area contributed by atoms with Crippen molar-refractivity contribution in [3.05, 3.63) is 22.7 Å². The van der Waals surface area contributed by atoms with E-state index in [1.54, 1.807) is 24.0 Å². The molecule has 0 amide bonds. The van der Waals surface area contributed by atoms with Gasteiger partial charge in [0.1, 0.15) is 0 Å². The van der Waals surface area contributed by atoms with Crippen molar-refractivity contribution in [1.82, 2.24) is 9.55 Å². The van der Waals surface area contributed by atoms with Gasteiger partial charge in [0.25, 0.3) is 5.56 Å². The molecule has 5 heteroatoms. The zero-order valence-electron chi connectivity index (χ0n) is 10.3. The maximum absolute atomic E-state index is 12.0. The molecule has 0 aromatic carbocycles. The van der Waals surface area contributed by atoms with E-state index in [2.05, 4.69) is 9.88 Å². The summed E-state index contributed by atoms with van der Waals surface area (Å²) in [6.07, 6.45) is 7.71. The molecule has 1 aliphatic rings. The lowest BCUT2D eigenvalue weighted by Crippen LogP contribution is -2.36. The summed E-state index contributed by atoms with van der Waals surface area (Å²) < 4.78 is 1.58. The van der Waals surface area contributed by atoms with Crippen molar-refractivity contribution < 1.29 is 0 Å². The summed E-state index contributed by atoms with van der Waals surface area (Å²) in [5.41, 5.74) is 5.54. The molecule has 2 heterocycles. The fourth-order valence-electron chi connectivity index (χ4n) is 2.45. The van der Waals surface area contributed by atoms with E-state index in [1.165, 1.54) is 0 Å². The Kier molecular flexibility index (Phi) is 3.78. The number of aromatic nitrogens is 2. The normalized spacial score (nSPS) is 19.9. The molecule has 5 nitrogen and oxygen atoms in total. The number of anilines is 1. The van der Waals surface area contributed by atoms with Gasteiger partial charge >= 0.3 is 0 Å². The molecule has 1 saturated heterocycles. The van der Waals surface area contributed by atoms with Crippen molar-refractivity contribution in [3.8, 4) is 0 Å². The second-order valence-corrected chi connectivity index (χ2v) is 4.59. The van der Waals surface area contributed by atoms with Gasteiger partial charge in [-0.05, 0) is 32.2 Å². The Bertz CT molecular complexity index is 429. The second-order valence-electron chi connectivity index (χ2n) is 4.59. The zero-order valence-corrected chi connectivity index (χ0v) is 10.3. The predicted molar refractivity (Wildman–Crippen MR) is 68.1 cm³/mol. The molecule has 0 bridgehead atoms. The lowest BCUT2D eigenvalue weighted by molar-refractivity contribution is 0.578. The first kappa shape index (κ1) is 12.1. The van der Waals surface area contributed by atoms with Crippen molar-refractivity contribution in [2.75, 3.05) is 18.0 Å². The molecule has 0 saturated carbocycles. The summed E-state index contributed by atoms with van der Waals surface area (Å²) in [6.45, 7) is 1.64. The van der Waals surface area contributed by atoms with E-state index in [4.69, 9.17) is 5.73 Å². The molecule has 17 heavy (non-hydrogen) atoms. The highest BCUT2D eigenvalue weighted by Gasteiger charge is 2.26. The van der Waals surface area contributed by atoms with Crippen molar-refractivity contribution in [3.63, 3.8) is 0 Å². The Hall–Kier alpha value is -1.36. The summed E-state index contributed by atoms with van der Waals surface area (Å²) in [4.78, 5) is 18.4. The Balaban J connectivity index is 2.20. The van der Waals surface area contributed by atoms with Crippen LogP contribution in [0.4, 0.5) is 5.82 Å². The van der Waals surface area contributed by atoms with Crippen LogP contribution in [0.1, 0.15) is 25.7 Å². The SMILES string of the molecule is Cn1ccnc(N2CCCC2CCCN)c1=O. The van der Waals surface area contributed by atoms with Crippen molar-refractivity contribution in [2.24, 2.45) is 12.8 Å². The van der Waals surface area contributed by atoms with Gasteiger partial charge in [-0.3, -0.25) is 4.79 Å². The van der Waals surface area contributed by atoms with Gasteiger partial charge in [-0.1, -0.05) is 0 Å². The highest BCUT2D eigenvalue weighted by molar-refractivity contribution is 5.38. The van der Waals surface area contributed by atoms with Crippen LogP contribution in [0.3, 0.4) is 0 Å². The van der Waals surface area contributed by atoms with Gasteiger partial charge in [0.2, 0.25) is 0 Å². The molecular weight excluding hydrogens is 216 g/mol. The summed E-state index contributed by atoms with van der Waals surface area (Å²) in [5, 5.41) is 0. The fraction of sp³-hybridized carbons (Fsp3) is 0.667. The first-order valence-electron chi connectivity index (χ1n) is 6.22. The molecule has 1 aromatic heterocycles. The molecule has 1 aromatic rings. The van der Waals surface area contributed by atoms with Crippen LogP contribution in [-0.4, -0.2) is 28.7 Å². The first-order chi connectivity index (χ1) is 8.24. The van der Waals surface area contributed by atoms with Crippen molar-refractivity contribution in [1.29, 1.82) is 0 Å². The fourth-order valence-corrected chi connectivity index (χ4v) is 2.45. The third kappa shape index (κ3) is 2.49. The summed E-state index contributed by atoms with van der Waals surface area (Å²) in [6, 6.07) is 0.432. The van der Waals surface area contributed by atoms with Gasteiger partial charge in [0.15, 0.2) is 5.82 Å². The standard InChI is InChI=1S/C12H20N4O/c1-15-9-7-14-11(12(15)17)16-8-3-5-10(16)4-2-6-13/h7,9-10H,2-6,8,13H2,1H3. The highest BCUT2D eigenvalue weighted by atomic mass is 16.1. The van der Waals surface area contributed by atoms with Crippen LogP contribution in [0.2, 0.25) is 0 Å². The smallest absolute Gasteiger partial charge is 0.293 e. The minimum Gasteiger partial charge on any atom is -0.349 e. The number of hydrogen-bond donors (Lipinski definition) is 1. The molecule has 0 aliphatic carbocycles. The molecule has 0 radical (unpaired) electrons. The number of aryl methyl sites for hydroxylation is 1. The predicted octanol–water partition coefficient (Wildman–Crippen LogP) is 0.488. The number of rotatable bonds is 4. The van der Waals surface area contributed by atoms with E-state index in [9.17, 15) is 4.79 Å². The van der Waals surface area contributed by atoms with Crippen LogP contribution in [0.15, 0.2) is 17.2 Å². The zero-order chi connectivity index (χ0) is 12.3. The van der Waals surface area contributed by atoms with Gasteiger partial charge in [-0.2, -0.15) is 0 Å². The van der Waals surface area contributed by atoms with Crippen LogP contribution in [-0.2, 0) is 7.05 Å². The average molecular weight is 236 g/mol. The minimum absolute atomic E-state index is 0.00727. The summed E-state index contributed by atoms with van der Waals surface area (Å²) in [7, 11) is 1.76. The van der Waals surface area contributed by atoms with Crippen molar-refractivity contribution in [2.45, 2.75) is 31.7 Å². The molecule has 1 atom stereocenters. The van der Waals surface area contributed by atoms with Crippen LogP contribution < -0.4 is 16.2 Å². The minimum atomic E-state index is -0.00727. The molecular formula is C12H20N4O. The Morgan fingerprint density at radius 2 is 2.41 bits per heavy atom. The third-order valence-electron chi connectivity index (χ3n) is 3.39. The van der Waals surface area contributed by atoms with Gasteiger partial charge in [0, 0.05) is 32.0 Å². The number of nitrogens with zero attached hydrogens (tertiary/aromatic N) is 3. The molecule has 2 N–H and O–H groups in total. The summed E-state index contributed by atoms with van der Waals surface area (Å²) in [5.74, 6) is 0.592. The van der Waals surface area contributed by atoms with E-state index in [-0.39, 0.29) is 5.56 Å². The molecule has 1 aliphatic heterocycles. The largest absolute Gasteiger partial charge is 0.349 e. The lowest BCUT2D eigenvalue weighted by Gasteiger charge is -2.25. The maximum atomic E-state index is 12.0. The molecule has 0 spiro atoms. The van der Waals surface area contributed by atoms with E-state index < -0.39 is 0 Å². The van der Waals surface area contributed by atoms with Crippen molar-refractivity contribution >= 4 is 5.82 Å². The van der Waals surface area contributed by atoms with Gasteiger partial charge in [-0.25, -0.2) is 4.98 Å². The van der Waals surface area contributed by atoms with Gasteiger partial charge in [-0.15, -0.1) is 0 Å². The molecule has 94 valence electrons. The average Bonchev–Trinajstić information content (AvgIpc) is 2.78. The van der Waals surface area contributed by atoms with E-state index in [0.29, 0.717) is 18.4 Å². The van der Waals surface area contributed by atoms with Gasteiger partial charge in [0.05, 0.1) is 0 Å². The quantitative estimate of drug-likeness (QED) is 0.826. The molecule has 1 unspecified atom stereocenters. The third-order valence-corrected chi connectivity index (χ3v) is 3.39. The molecule has 2 rings (SSSR count). The first-order valence-corrected chi connectivity index (χ1v) is 6.22. The van der Waals surface area contributed by atoms with Crippen LogP contribution in [0.5, 0.6) is 0 Å².